The third kappa shape index (κ3) is 5.29. The standard InChI is InChI=1S/C26H34N2O5S/c1-18-15-28(19(2)17-29)34(31,32)25-12-11-22(21-7-5-4-6-8-21)14-23(25)33-24(18)16-27(3)26(30)13-20-9-10-20/h4-8,11-12,14,18-20,24,29H,9-10,13,15-17H2,1-3H3/t18-,19-,24-/m0/s1. The summed E-state index contributed by atoms with van der Waals surface area (Å²) in [6.07, 6.45) is 2.37. The highest BCUT2D eigenvalue weighted by molar-refractivity contribution is 7.89. The van der Waals surface area contributed by atoms with Crippen molar-refractivity contribution in [3.05, 3.63) is 48.5 Å². The highest BCUT2D eigenvalue weighted by atomic mass is 32.2. The van der Waals surface area contributed by atoms with E-state index in [0.717, 1.165) is 24.0 Å². The molecular weight excluding hydrogens is 452 g/mol. The molecular formula is C26H34N2O5S. The Kier molecular flexibility index (Phi) is 7.31. The number of likely N-dealkylation sites (N-methyl/N-ethyl adjacent to an activating group) is 1. The summed E-state index contributed by atoms with van der Waals surface area (Å²) in [6, 6.07) is 14.3. The molecule has 2 aromatic rings. The van der Waals surface area contributed by atoms with Crippen LogP contribution in [0.5, 0.6) is 5.75 Å². The number of ether oxygens (including phenoxy) is 1. The molecule has 2 aromatic carbocycles. The van der Waals surface area contributed by atoms with Gasteiger partial charge in [-0.25, -0.2) is 8.42 Å². The van der Waals surface area contributed by atoms with Gasteiger partial charge in [-0.15, -0.1) is 0 Å². The van der Waals surface area contributed by atoms with E-state index in [-0.39, 0.29) is 35.6 Å². The van der Waals surface area contributed by atoms with Crippen molar-refractivity contribution in [1.29, 1.82) is 0 Å². The molecule has 1 N–H and O–H groups in total. The maximum absolute atomic E-state index is 13.6. The number of carbonyl (C=O) groups excluding carboxylic acids is 1. The molecule has 0 saturated heterocycles. The van der Waals surface area contributed by atoms with Crippen molar-refractivity contribution >= 4 is 15.9 Å². The van der Waals surface area contributed by atoms with Crippen LogP contribution in [0, 0.1) is 11.8 Å². The average molecular weight is 487 g/mol. The lowest BCUT2D eigenvalue weighted by Gasteiger charge is -2.37. The number of aliphatic hydroxyl groups excluding tert-OH is 1. The Hall–Kier alpha value is -2.42. The minimum Gasteiger partial charge on any atom is -0.487 e. The molecule has 1 aliphatic heterocycles. The van der Waals surface area contributed by atoms with Gasteiger partial charge in [-0.3, -0.25) is 4.79 Å². The van der Waals surface area contributed by atoms with Crippen molar-refractivity contribution in [3.8, 4) is 16.9 Å². The van der Waals surface area contributed by atoms with Crippen LogP contribution >= 0.6 is 0 Å². The Labute approximate surface area is 202 Å². The lowest BCUT2D eigenvalue weighted by Crippen LogP contribution is -2.50. The van der Waals surface area contributed by atoms with Crippen molar-refractivity contribution < 1.29 is 23.1 Å². The van der Waals surface area contributed by atoms with E-state index >= 15 is 0 Å². The number of benzene rings is 2. The highest BCUT2D eigenvalue weighted by Gasteiger charge is 2.38. The van der Waals surface area contributed by atoms with Gasteiger partial charge in [-0.2, -0.15) is 4.31 Å². The summed E-state index contributed by atoms with van der Waals surface area (Å²) in [5.41, 5.74) is 1.80. The van der Waals surface area contributed by atoms with E-state index in [1.807, 2.05) is 37.3 Å². The molecule has 34 heavy (non-hydrogen) atoms. The van der Waals surface area contributed by atoms with Crippen LogP contribution in [-0.4, -0.2) is 67.5 Å². The summed E-state index contributed by atoms with van der Waals surface area (Å²) in [4.78, 5) is 14.4. The Balaban J connectivity index is 1.72. The van der Waals surface area contributed by atoms with Crippen LogP contribution < -0.4 is 4.74 Å². The molecule has 1 saturated carbocycles. The Morgan fingerprint density at radius 2 is 1.88 bits per heavy atom. The van der Waals surface area contributed by atoms with Crippen LogP contribution in [0.15, 0.2) is 53.4 Å². The Bertz CT molecular complexity index is 1120. The minimum absolute atomic E-state index is 0.0799. The van der Waals surface area contributed by atoms with Crippen LogP contribution in [0.3, 0.4) is 0 Å². The normalized spacial score (nSPS) is 23.2. The summed E-state index contributed by atoms with van der Waals surface area (Å²) in [5.74, 6) is 0.655. The van der Waals surface area contributed by atoms with E-state index in [0.29, 0.717) is 18.9 Å². The Morgan fingerprint density at radius 3 is 2.53 bits per heavy atom. The molecule has 1 heterocycles. The van der Waals surface area contributed by atoms with Gasteiger partial charge >= 0.3 is 0 Å². The van der Waals surface area contributed by atoms with Gasteiger partial charge in [0.2, 0.25) is 15.9 Å². The topological polar surface area (TPSA) is 87.2 Å². The van der Waals surface area contributed by atoms with Crippen molar-refractivity contribution in [2.45, 2.75) is 50.2 Å². The fraction of sp³-hybridized carbons (Fsp3) is 0.500. The summed E-state index contributed by atoms with van der Waals surface area (Å²) in [5, 5.41) is 9.79. The first kappa shape index (κ1) is 24.7. The lowest BCUT2D eigenvalue weighted by atomic mass is 10.0. The number of fused-ring (bicyclic) bond motifs is 1. The lowest BCUT2D eigenvalue weighted by molar-refractivity contribution is -0.131. The number of sulfonamides is 1. The highest BCUT2D eigenvalue weighted by Crippen LogP contribution is 2.37. The van der Waals surface area contributed by atoms with Crippen molar-refractivity contribution in [2.75, 3.05) is 26.7 Å². The number of aliphatic hydroxyl groups is 1. The number of amides is 1. The van der Waals surface area contributed by atoms with Crippen LogP contribution in [0.25, 0.3) is 11.1 Å². The summed E-state index contributed by atoms with van der Waals surface area (Å²) in [7, 11) is -2.11. The number of rotatable bonds is 7. The first-order valence-corrected chi connectivity index (χ1v) is 13.4. The molecule has 0 aromatic heterocycles. The van der Waals surface area contributed by atoms with E-state index in [1.54, 1.807) is 37.1 Å². The van der Waals surface area contributed by atoms with Crippen LogP contribution in [0.1, 0.15) is 33.1 Å². The minimum atomic E-state index is -3.89. The molecule has 8 heteroatoms. The van der Waals surface area contributed by atoms with Gasteiger partial charge in [-0.1, -0.05) is 43.3 Å². The molecule has 7 nitrogen and oxygen atoms in total. The molecule has 0 unspecified atom stereocenters. The second-order valence-corrected chi connectivity index (χ2v) is 11.5. The first-order valence-electron chi connectivity index (χ1n) is 11.9. The quantitative estimate of drug-likeness (QED) is 0.648. The molecule has 1 amide bonds. The molecule has 2 aliphatic rings. The monoisotopic (exact) mass is 486 g/mol. The zero-order chi connectivity index (χ0) is 24.5. The molecule has 4 rings (SSSR count). The second-order valence-electron chi connectivity index (χ2n) is 9.69. The fourth-order valence-corrected chi connectivity index (χ4v) is 6.18. The molecule has 184 valence electrons. The molecule has 0 spiro atoms. The smallest absolute Gasteiger partial charge is 0.247 e. The van der Waals surface area contributed by atoms with Gasteiger partial charge in [0.25, 0.3) is 0 Å². The third-order valence-electron chi connectivity index (χ3n) is 6.81. The van der Waals surface area contributed by atoms with Crippen molar-refractivity contribution in [3.63, 3.8) is 0 Å². The second kappa shape index (κ2) is 10.1. The zero-order valence-electron chi connectivity index (χ0n) is 20.1. The molecule has 1 fully saturated rings. The van der Waals surface area contributed by atoms with Crippen molar-refractivity contribution in [1.82, 2.24) is 9.21 Å². The third-order valence-corrected chi connectivity index (χ3v) is 8.83. The number of carbonyl (C=O) groups is 1. The molecule has 3 atom stereocenters. The van der Waals surface area contributed by atoms with Gasteiger partial charge in [0.15, 0.2) is 0 Å². The average Bonchev–Trinajstić information content (AvgIpc) is 3.65. The van der Waals surface area contributed by atoms with Gasteiger partial charge in [-0.05, 0) is 48.9 Å². The van der Waals surface area contributed by atoms with E-state index in [1.165, 1.54) is 4.31 Å². The van der Waals surface area contributed by atoms with Crippen LogP contribution in [-0.2, 0) is 14.8 Å². The zero-order valence-corrected chi connectivity index (χ0v) is 20.9. The number of hydrogen-bond acceptors (Lipinski definition) is 5. The van der Waals surface area contributed by atoms with Crippen molar-refractivity contribution in [2.24, 2.45) is 11.8 Å². The molecule has 0 radical (unpaired) electrons. The summed E-state index contributed by atoms with van der Waals surface area (Å²) < 4.78 is 35.0. The van der Waals surface area contributed by atoms with E-state index in [2.05, 4.69) is 0 Å². The summed E-state index contributed by atoms with van der Waals surface area (Å²) >= 11 is 0. The van der Waals surface area contributed by atoms with E-state index < -0.39 is 22.2 Å². The SMILES string of the molecule is C[C@H]1CN([C@@H](C)CO)S(=O)(=O)c2ccc(-c3ccccc3)cc2O[C@H]1CN(C)C(=O)CC1CC1. The van der Waals surface area contributed by atoms with Gasteiger partial charge in [0.1, 0.15) is 16.7 Å². The van der Waals surface area contributed by atoms with Gasteiger partial charge in [0, 0.05) is 32.0 Å². The largest absolute Gasteiger partial charge is 0.487 e. The van der Waals surface area contributed by atoms with Gasteiger partial charge < -0.3 is 14.7 Å². The van der Waals surface area contributed by atoms with Crippen LogP contribution in [0.2, 0.25) is 0 Å². The van der Waals surface area contributed by atoms with E-state index in [4.69, 9.17) is 4.74 Å². The number of nitrogens with zero attached hydrogens (tertiary/aromatic N) is 2. The molecule has 0 bridgehead atoms. The summed E-state index contributed by atoms with van der Waals surface area (Å²) in [6.45, 7) is 3.91. The first-order chi connectivity index (χ1) is 16.2. The maximum Gasteiger partial charge on any atom is 0.247 e. The van der Waals surface area contributed by atoms with E-state index in [9.17, 15) is 18.3 Å². The predicted molar refractivity (Wildman–Crippen MR) is 131 cm³/mol. The van der Waals surface area contributed by atoms with Gasteiger partial charge in [0.05, 0.1) is 13.2 Å². The fourth-order valence-electron chi connectivity index (χ4n) is 4.35. The number of hydrogen-bond donors (Lipinski definition) is 1. The van der Waals surface area contributed by atoms with Crippen LogP contribution in [0.4, 0.5) is 0 Å². The Morgan fingerprint density at radius 1 is 1.18 bits per heavy atom. The molecule has 1 aliphatic carbocycles. The maximum atomic E-state index is 13.6. The predicted octanol–water partition coefficient (Wildman–Crippen LogP) is 3.38.